The summed E-state index contributed by atoms with van der Waals surface area (Å²) in [7, 11) is 1.54. The van der Waals surface area contributed by atoms with Crippen LogP contribution in [0.1, 0.15) is 12.0 Å². The highest BCUT2D eigenvalue weighted by Gasteiger charge is 2.03. The van der Waals surface area contributed by atoms with Crippen LogP contribution in [-0.2, 0) is 11.2 Å². The van der Waals surface area contributed by atoms with E-state index in [0.717, 1.165) is 0 Å². The number of halogens is 1. The third kappa shape index (κ3) is 6.40. The van der Waals surface area contributed by atoms with E-state index in [1.54, 1.807) is 12.1 Å². The molecule has 0 saturated carbocycles. The van der Waals surface area contributed by atoms with Crippen LogP contribution >= 0.6 is 0 Å². The standard InChI is InChI=1S/C13H18FN3O2/c1-15-13(19)17-7-3-6-16-12(18)9-10-4-2-5-11(14)8-10/h2,4-5,8H,3,6-7,9H2,1H3,(H,16,18)(H2,15,17,19). The Labute approximate surface area is 111 Å². The molecule has 0 aliphatic heterocycles. The van der Waals surface area contributed by atoms with Crippen LogP contribution in [0.3, 0.4) is 0 Å². The molecule has 0 spiro atoms. The van der Waals surface area contributed by atoms with Crippen LogP contribution in [0.25, 0.3) is 0 Å². The second-order valence-electron chi connectivity index (χ2n) is 4.02. The Morgan fingerprint density at radius 1 is 1.21 bits per heavy atom. The van der Waals surface area contributed by atoms with E-state index in [2.05, 4.69) is 16.0 Å². The van der Waals surface area contributed by atoms with Crippen LogP contribution in [0, 0.1) is 5.82 Å². The number of carbonyl (C=O) groups excluding carboxylic acids is 2. The highest BCUT2D eigenvalue weighted by Crippen LogP contribution is 2.03. The van der Waals surface area contributed by atoms with Gasteiger partial charge in [0.05, 0.1) is 6.42 Å². The maximum Gasteiger partial charge on any atom is 0.314 e. The van der Waals surface area contributed by atoms with Crippen LogP contribution in [0.4, 0.5) is 9.18 Å². The van der Waals surface area contributed by atoms with Gasteiger partial charge in [0, 0.05) is 20.1 Å². The number of rotatable bonds is 6. The van der Waals surface area contributed by atoms with Crippen molar-refractivity contribution in [3.8, 4) is 0 Å². The molecule has 0 aromatic heterocycles. The molecular formula is C13H18FN3O2. The van der Waals surface area contributed by atoms with E-state index in [9.17, 15) is 14.0 Å². The number of urea groups is 1. The Kier molecular flexibility index (Phi) is 6.35. The fraction of sp³-hybridized carbons (Fsp3) is 0.385. The van der Waals surface area contributed by atoms with Gasteiger partial charge in [-0.25, -0.2) is 9.18 Å². The lowest BCUT2D eigenvalue weighted by Crippen LogP contribution is -2.35. The molecule has 0 heterocycles. The number of nitrogens with one attached hydrogen (secondary N) is 3. The first-order valence-electron chi connectivity index (χ1n) is 6.08. The first-order valence-corrected chi connectivity index (χ1v) is 6.08. The maximum atomic E-state index is 12.9. The molecule has 0 unspecified atom stereocenters. The van der Waals surface area contributed by atoms with Gasteiger partial charge in [0.25, 0.3) is 0 Å². The molecule has 1 aromatic rings. The first kappa shape index (κ1) is 14.9. The smallest absolute Gasteiger partial charge is 0.314 e. The quantitative estimate of drug-likeness (QED) is 0.667. The SMILES string of the molecule is CNC(=O)NCCCNC(=O)Cc1cccc(F)c1. The monoisotopic (exact) mass is 267 g/mol. The van der Waals surface area contributed by atoms with Gasteiger partial charge in [-0.2, -0.15) is 0 Å². The summed E-state index contributed by atoms with van der Waals surface area (Å²) in [5.41, 5.74) is 0.640. The molecule has 3 N–H and O–H groups in total. The number of hydrogen-bond donors (Lipinski definition) is 3. The van der Waals surface area contributed by atoms with Crippen molar-refractivity contribution < 1.29 is 14.0 Å². The fourth-order valence-corrected chi connectivity index (χ4v) is 1.50. The lowest BCUT2D eigenvalue weighted by molar-refractivity contribution is -0.120. The van der Waals surface area contributed by atoms with Gasteiger partial charge >= 0.3 is 6.03 Å². The molecule has 0 aliphatic rings. The Morgan fingerprint density at radius 3 is 2.63 bits per heavy atom. The highest BCUT2D eigenvalue weighted by atomic mass is 19.1. The van der Waals surface area contributed by atoms with Crippen molar-refractivity contribution in [1.82, 2.24) is 16.0 Å². The molecular weight excluding hydrogens is 249 g/mol. The van der Waals surface area contributed by atoms with Crippen molar-refractivity contribution >= 4 is 11.9 Å². The zero-order valence-electron chi connectivity index (χ0n) is 10.8. The zero-order valence-corrected chi connectivity index (χ0v) is 10.8. The molecule has 3 amide bonds. The second kappa shape index (κ2) is 8.07. The summed E-state index contributed by atoms with van der Waals surface area (Å²) in [5, 5.41) is 7.75. The van der Waals surface area contributed by atoms with Gasteiger partial charge in [0.2, 0.25) is 5.91 Å². The Balaban J connectivity index is 2.16. The van der Waals surface area contributed by atoms with E-state index >= 15 is 0 Å². The van der Waals surface area contributed by atoms with E-state index in [0.29, 0.717) is 25.1 Å². The molecule has 0 fully saturated rings. The summed E-state index contributed by atoms with van der Waals surface area (Å²) in [6.45, 7) is 0.956. The summed E-state index contributed by atoms with van der Waals surface area (Å²) in [6, 6.07) is 5.71. The summed E-state index contributed by atoms with van der Waals surface area (Å²) < 4.78 is 12.9. The predicted octanol–water partition coefficient (Wildman–Crippen LogP) is 0.804. The van der Waals surface area contributed by atoms with Gasteiger partial charge in [-0.05, 0) is 24.1 Å². The third-order valence-corrected chi connectivity index (χ3v) is 2.44. The van der Waals surface area contributed by atoms with Crippen LogP contribution in [-0.4, -0.2) is 32.1 Å². The lowest BCUT2D eigenvalue weighted by Gasteiger charge is -2.06. The molecule has 0 aliphatic carbocycles. The van der Waals surface area contributed by atoms with Gasteiger partial charge in [-0.1, -0.05) is 12.1 Å². The minimum absolute atomic E-state index is 0.153. The van der Waals surface area contributed by atoms with Crippen molar-refractivity contribution in [1.29, 1.82) is 0 Å². The molecule has 1 rings (SSSR count). The minimum atomic E-state index is -0.347. The van der Waals surface area contributed by atoms with Crippen molar-refractivity contribution in [2.75, 3.05) is 20.1 Å². The average molecular weight is 267 g/mol. The van der Waals surface area contributed by atoms with Crippen molar-refractivity contribution in [2.24, 2.45) is 0 Å². The summed E-state index contributed by atoms with van der Waals surface area (Å²) in [5.74, 6) is -0.509. The molecule has 0 saturated heterocycles. The molecule has 6 heteroatoms. The highest BCUT2D eigenvalue weighted by molar-refractivity contribution is 5.78. The third-order valence-electron chi connectivity index (χ3n) is 2.44. The molecule has 0 atom stereocenters. The van der Waals surface area contributed by atoms with Crippen molar-refractivity contribution in [2.45, 2.75) is 12.8 Å². The molecule has 0 bridgehead atoms. The van der Waals surface area contributed by atoms with Gasteiger partial charge in [0.15, 0.2) is 0 Å². The fourth-order valence-electron chi connectivity index (χ4n) is 1.50. The number of benzene rings is 1. The first-order chi connectivity index (χ1) is 9.11. The molecule has 5 nitrogen and oxygen atoms in total. The van der Waals surface area contributed by atoms with Gasteiger partial charge < -0.3 is 16.0 Å². The minimum Gasteiger partial charge on any atom is -0.356 e. The Hall–Kier alpha value is -2.11. The molecule has 104 valence electrons. The van der Waals surface area contributed by atoms with Crippen LogP contribution in [0.5, 0.6) is 0 Å². The van der Waals surface area contributed by atoms with Gasteiger partial charge in [-0.3, -0.25) is 4.79 Å². The van der Waals surface area contributed by atoms with Crippen LogP contribution in [0.15, 0.2) is 24.3 Å². The molecule has 1 aromatic carbocycles. The number of hydrogen-bond acceptors (Lipinski definition) is 2. The van der Waals surface area contributed by atoms with Gasteiger partial charge in [0.1, 0.15) is 5.82 Å². The number of amides is 3. The van der Waals surface area contributed by atoms with E-state index in [-0.39, 0.29) is 24.2 Å². The molecule has 0 radical (unpaired) electrons. The van der Waals surface area contributed by atoms with Crippen LogP contribution in [0.2, 0.25) is 0 Å². The van der Waals surface area contributed by atoms with Gasteiger partial charge in [-0.15, -0.1) is 0 Å². The summed E-state index contributed by atoms with van der Waals surface area (Å²) >= 11 is 0. The van der Waals surface area contributed by atoms with Crippen molar-refractivity contribution in [3.63, 3.8) is 0 Å². The lowest BCUT2D eigenvalue weighted by atomic mass is 10.1. The average Bonchev–Trinajstić information content (AvgIpc) is 2.38. The zero-order chi connectivity index (χ0) is 14.1. The van der Waals surface area contributed by atoms with E-state index in [1.165, 1.54) is 19.2 Å². The van der Waals surface area contributed by atoms with E-state index in [1.807, 2.05) is 0 Å². The maximum absolute atomic E-state index is 12.9. The summed E-state index contributed by atoms with van der Waals surface area (Å²) in [4.78, 5) is 22.4. The number of carbonyl (C=O) groups is 2. The van der Waals surface area contributed by atoms with E-state index < -0.39 is 0 Å². The van der Waals surface area contributed by atoms with Crippen molar-refractivity contribution in [3.05, 3.63) is 35.6 Å². The van der Waals surface area contributed by atoms with Crippen LogP contribution < -0.4 is 16.0 Å². The van der Waals surface area contributed by atoms with E-state index in [4.69, 9.17) is 0 Å². The Bertz CT molecular complexity index is 438. The normalized spacial score (nSPS) is 9.79. The topological polar surface area (TPSA) is 70.2 Å². The predicted molar refractivity (Wildman–Crippen MR) is 70.2 cm³/mol. The summed E-state index contributed by atoms with van der Waals surface area (Å²) in [6.07, 6.45) is 0.795. The largest absolute Gasteiger partial charge is 0.356 e. The Morgan fingerprint density at radius 2 is 1.95 bits per heavy atom. The second-order valence-corrected chi connectivity index (χ2v) is 4.02. The molecule has 19 heavy (non-hydrogen) atoms.